The first kappa shape index (κ1) is 19.3. The van der Waals surface area contributed by atoms with Crippen molar-refractivity contribution in [2.75, 3.05) is 32.6 Å². The van der Waals surface area contributed by atoms with Crippen molar-refractivity contribution < 1.29 is 19.1 Å². The average molecular weight is 398 g/mol. The molecule has 1 aliphatic heterocycles. The van der Waals surface area contributed by atoms with Crippen LogP contribution < -0.4 is 14.8 Å². The third-order valence-corrected chi connectivity index (χ3v) is 5.86. The molecule has 1 N–H and O–H groups in total. The zero-order chi connectivity index (χ0) is 20.4. The molecular weight excluding hydrogens is 372 g/mol. The van der Waals surface area contributed by atoms with Gasteiger partial charge in [-0.15, -0.1) is 0 Å². The van der Waals surface area contributed by atoms with Crippen LogP contribution in [0.2, 0.25) is 0 Å². The molecule has 1 atom stereocenters. The van der Waals surface area contributed by atoms with Gasteiger partial charge in [0.15, 0.2) is 11.5 Å². The second-order valence-corrected chi connectivity index (χ2v) is 7.58. The van der Waals surface area contributed by atoms with Crippen molar-refractivity contribution in [3.63, 3.8) is 0 Å². The minimum absolute atomic E-state index is 0.0274. The lowest BCUT2D eigenvalue weighted by Gasteiger charge is -2.25. The highest BCUT2D eigenvalue weighted by molar-refractivity contribution is 6.00. The molecule has 154 valence electrons. The standard InChI is InChI=1S/C21H26N4O4/c1-28-18-11-15(10-17(19(18)29-2)23-20(26)14-4-3-5-14)21(27)24-8-6-16(12-24)25-9-7-22-13-25/h7,9-11,13-14,16H,3-6,8,12H2,1-2H3,(H,23,26). The lowest BCUT2D eigenvalue weighted by atomic mass is 9.85. The van der Waals surface area contributed by atoms with Crippen LogP contribution in [0, 0.1) is 5.92 Å². The van der Waals surface area contributed by atoms with Crippen LogP contribution in [-0.4, -0.2) is 53.6 Å². The number of hydrogen-bond donors (Lipinski definition) is 1. The van der Waals surface area contributed by atoms with Crippen LogP contribution in [0.25, 0.3) is 0 Å². The Labute approximate surface area is 169 Å². The predicted octanol–water partition coefficient (Wildman–Crippen LogP) is 2.73. The second kappa shape index (κ2) is 8.14. The topological polar surface area (TPSA) is 85.7 Å². The number of carbonyl (C=O) groups is 2. The van der Waals surface area contributed by atoms with Gasteiger partial charge in [-0.2, -0.15) is 0 Å². The van der Waals surface area contributed by atoms with Crippen LogP contribution in [0.15, 0.2) is 30.9 Å². The van der Waals surface area contributed by atoms with E-state index in [0.717, 1.165) is 25.7 Å². The smallest absolute Gasteiger partial charge is 0.254 e. The summed E-state index contributed by atoms with van der Waals surface area (Å²) in [6.45, 7) is 1.28. The quantitative estimate of drug-likeness (QED) is 0.809. The first-order chi connectivity index (χ1) is 14.1. The Morgan fingerprint density at radius 1 is 1.17 bits per heavy atom. The molecule has 1 aromatic carbocycles. The van der Waals surface area contributed by atoms with Gasteiger partial charge in [-0.1, -0.05) is 6.42 Å². The van der Waals surface area contributed by atoms with Gasteiger partial charge in [0.25, 0.3) is 5.91 Å². The SMILES string of the molecule is COc1cc(C(=O)N2CCC(n3ccnc3)C2)cc(NC(=O)C2CCC2)c1OC. The first-order valence-corrected chi connectivity index (χ1v) is 9.94. The van der Waals surface area contributed by atoms with Gasteiger partial charge in [-0.25, -0.2) is 4.98 Å². The number of benzene rings is 1. The molecule has 0 spiro atoms. The largest absolute Gasteiger partial charge is 0.493 e. The van der Waals surface area contributed by atoms with E-state index in [4.69, 9.17) is 9.47 Å². The van der Waals surface area contributed by atoms with Crippen molar-refractivity contribution in [2.45, 2.75) is 31.7 Å². The van der Waals surface area contributed by atoms with Crippen LogP contribution in [-0.2, 0) is 4.79 Å². The molecule has 8 nitrogen and oxygen atoms in total. The van der Waals surface area contributed by atoms with E-state index >= 15 is 0 Å². The number of rotatable bonds is 6. The number of anilines is 1. The van der Waals surface area contributed by atoms with Crippen LogP contribution in [0.5, 0.6) is 11.5 Å². The van der Waals surface area contributed by atoms with Crippen molar-refractivity contribution in [3.05, 3.63) is 36.4 Å². The average Bonchev–Trinajstić information content (AvgIpc) is 3.36. The van der Waals surface area contributed by atoms with E-state index in [9.17, 15) is 9.59 Å². The van der Waals surface area contributed by atoms with E-state index in [-0.39, 0.29) is 23.8 Å². The number of methoxy groups -OCH3 is 2. The fourth-order valence-corrected chi connectivity index (χ4v) is 3.92. The zero-order valence-electron chi connectivity index (χ0n) is 16.8. The lowest BCUT2D eigenvalue weighted by Crippen LogP contribution is -2.30. The molecular formula is C21H26N4O4. The summed E-state index contributed by atoms with van der Waals surface area (Å²) in [5, 5.41) is 2.93. The fourth-order valence-electron chi connectivity index (χ4n) is 3.92. The summed E-state index contributed by atoms with van der Waals surface area (Å²) < 4.78 is 12.9. The molecule has 2 fully saturated rings. The monoisotopic (exact) mass is 398 g/mol. The number of carbonyl (C=O) groups excluding carboxylic acids is 2. The molecule has 1 aliphatic carbocycles. The van der Waals surface area contributed by atoms with E-state index in [1.807, 2.05) is 15.7 Å². The molecule has 0 radical (unpaired) electrons. The lowest BCUT2D eigenvalue weighted by molar-refractivity contribution is -0.122. The normalized spacial score (nSPS) is 19.0. The molecule has 2 amide bonds. The van der Waals surface area contributed by atoms with Crippen molar-refractivity contribution in [1.29, 1.82) is 0 Å². The molecule has 1 saturated heterocycles. The molecule has 1 aromatic heterocycles. The fraction of sp³-hybridized carbons (Fsp3) is 0.476. The Bertz CT molecular complexity index is 892. The van der Waals surface area contributed by atoms with E-state index in [1.165, 1.54) is 14.2 Å². The Kier molecular flexibility index (Phi) is 5.42. The van der Waals surface area contributed by atoms with Gasteiger partial charge in [0.1, 0.15) is 0 Å². The molecule has 2 aliphatic rings. The Morgan fingerprint density at radius 2 is 2.00 bits per heavy atom. The van der Waals surface area contributed by atoms with E-state index in [0.29, 0.717) is 35.8 Å². The summed E-state index contributed by atoms with van der Waals surface area (Å²) in [5.41, 5.74) is 0.940. The summed E-state index contributed by atoms with van der Waals surface area (Å²) in [5.74, 6) is 0.747. The molecule has 2 aromatic rings. The summed E-state index contributed by atoms with van der Waals surface area (Å²) in [4.78, 5) is 31.5. The first-order valence-electron chi connectivity index (χ1n) is 9.94. The number of imidazole rings is 1. The van der Waals surface area contributed by atoms with Gasteiger partial charge in [-0.05, 0) is 31.4 Å². The Morgan fingerprint density at radius 3 is 2.62 bits per heavy atom. The predicted molar refractivity (Wildman–Crippen MR) is 107 cm³/mol. The summed E-state index contributed by atoms with van der Waals surface area (Å²) in [7, 11) is 3.04. The van der Waals surface area contributed by atoms with Gasteiger partial charge >= 0.3 is 0 Å². The molecule has 29 heavy (non-hydrogen) atoms. The van der Waals surface area contributed by atoms with Crippen molar-refractivity contribution >= 4 is 17.5 Å². The zero-order valence-corrected chi connectivity index (χ0v) is 16.8. The van der Waals surface area contributed by atoms with Gasteiger partial charge in [0.05, 0.1) is 32.3 Å². The Balaban J connectivity index is 1.56. The van der Waals surface area contributed by atoms with Crippen molar-refractivity contribution in [2.24, 2.45) is 5.92 Å². The van der Waals surface area contributed by atoms with E-state index in [2.05, 4.69) is 10.3 Å². The maximum Gasteiger partial charge on any atom is 0.254 e. The highest BCUT2D eigenvalue weighted by Crippen LogP contribution is 2.38. The maximum absolute atomic E-state index is 13.2. The number of nitrogens with one attached hydrogen (secondary N) is 1. The molecule has 4 rings (SSSR count). The van der Waals surface area contributed by atoms with E-state index < -0.39 is 0 Å². The van der Waals surface area contributed by atoms with Gasteiger partial charge in [0.2, 0.25) is 5.91 Å². The van der Waals surface area contributed by atoms with Crippen LogP contribution in [0.4, 0.5) is 5.69 Å². The van der Waals surface area contributed by atoms with Crippen molar-refractivity contribution in [3.8, 4) is 11.5 Å². The third kappa shape index (κ3) is 3.79. The third-order valence-electron chi connectivity index (χ3n) is 5.86. The van der Waals surface area contributed by atoms with Gasteiger partial charge < -0.3 is 24.3 Å². The summed E-state index contributed by atoms with van der Waals surface area (Å²) in [6.07, 6.45) is 9.19. The number of hydrogen-bond acceptors (Lipinski definition) is 5. The molecule has 8 heteroatoms. The number of nitrogens with zero attached hydrogens (tertiary/aromatic N) is 3. The number of aromatic nitrogens is 2. The highest BCUT2D eigenvalue weighted by atomic mass is 16.5. The van der Waals surface area contributed by atoms with Crippen LogP contribution >= 0.6 is 0 Å². The molecule has 0 bridgehead atoms. The summed E-state index contributed by atoms with van der Waals surface area (Å²) >= 11 is 0. The summed E-state index contributed by atoms with van der Waals surface area (Å²) in [6, 6.07) is 3.58. The van der Waals surface area contributed by atoms with Gasteiger partial charge in [-0.3, -0.25) is 9.59 Å². The van der Waals surface area contributed by atoms with Crippen LogP contribution in [0.3, 0.4) is 0 Å². The van der Waals surface area contributed by atoms with Crippen LogP contribution in [0.1, 0.15) is 42.1 Å². The Hall–Kier alpha value is -3.03. The highest BCUT2D eigenvalue weighted by Gasteiger charge is 2.30. The number of amides is 2. The number of ether oxygens (including phenoxy) is 2. The minimum atomic E-state index is -0.0901. The van der Waals surface area contributed by atoms with Crippen molar-refractivity contribution in [1.82, 2.24) is 14.5 Å². The molecule has 2 heterocycles. The maximum atomic E-state index is 13.2. The number of likely N-dealkylation sites (tertiary alicyclic amines) is 1. The second-order valence-electron chi connectivity index (χ2n) is 7.58. The molecule has 1 unspecified atom stereocenters. The van der Waals surface area contributed by atoms with E-state index in [1.54, 1.807) is 24.7 Å². The van der Waals surface area contributed by atoms with Gasteiger partial charge in [0, 0.05) is 37.0 Å². The minimum Gasteiger partial charge on any atom is -0.493 e. The molecule has 1 saturated carbocycles.